The molecule has 7 nitrogen and oxygen atoms in total. The van der Waals surface area contributed by atoms with Crippen LogP contribution >= 0.6 is 11.8 Å². The highest BCUT2D eigenvalue weighted by Crippen LogP contribution is 2.28. The molecule has 3 amide bonds. The summed E-state index contributed by atoms with van der Waals surface area (Å²) in [5.74, 6) is -0.912. The molecule has 1 heterocycles. The first-order valence-corrected chi connectivity index (χ1v) is 7.24. The topological polar surface area (TPSA) is 113 Å². The van der Waals surface area contributed by atoms with Gasteiger partial charge in [-0.25, -0.2) is 4.79 Å². The van der Waals surface area contributed by atoms with E-state index in [1.807, 2.05) is 0 Å². The molecule has 8 heteroatoms. The van der Waals surface area contributed by atoms with Crippen molar-refractivity contribution in [2.24, 2.45) is 5.73 Å². The standard InChI is InChI=1S/C12H21N3O4S/c1-11(2)9(18)15(10(19)14-11)5-6-20-12(3,4)7(13)8(16)17/h7H,5-6,13H2,1-4H3,(H,14,19)(H,16,17)/t7-/m1/s1. The summed E-state index contributed by atoms with van der Waals surface area (Å²) in [5.41, 5.74) is 4.73. The first-order chi connectivity index (χ1) is 8.99. The van der Waals surface area contributed by atoms with Gasteiger partial charge in [0.25, 0.3) is 5.91 Å². The van der Waals surface area contributed by atoms with E-state index < -0.39 is 28.3 Å². The zero-order valence-electron chi connectivity index (χ0n) is 12.1. The van der Waals surface area contributed by atoms with E-state index in [2.05, 4.69) is 5.32 Å². The SMILES string of the molecule is CC1(C)NC(=O)N(CCSC(C)(C)[C@H](N)C(=O)O)C1=O. The first-order valence-electron chi connectivity index (χ1n) is 6.25. The van der Waals surface area contributed by atoms with E-state index in [9.17, 15) is 14.4 Å². The number of thioether (sulfide) groups is 1. The zero-order chi connectivity index (χ0) is 15.7. The minimum Gasteiger partial charge on any atom is -0.480 e. The molecule has 1 saturated heterocycles. The van der Waals surface area contributed by atoms with E-state index in [0.717, 1.165) is 4.90 Å². The lowest BCUT2D eigenvalue weighted by Gasteiger charge is -2.28. The van der Waals surface area contributed by atoms with Gasteiger partial charge in [0.15, 0.2) is 0 Å². The Morgan fingerprint density at radius 1 is 1.50 bits per heavy atom. The number of aliphatic carboxylic acids is 1. The molecule has 114 valence electrons. The minimum atomic E-state index is -1.07. The fourth-order valence-electron chi connectivity index (χ4n) is 1.81. The van der Waals surface area contributed by atoms with E-state index in [4.69, 9.17) is 10.8 Å². The third kappa shape index (κ3) is 3.43. The molecule has 1 rings (SSSR count). The number of carbonyl (C=O) groups excluding carboxylic acids is 2. The third-order valence-corrected chi connectivity index (χ3v) is 4.63. The number of carboxylic acids is 1. The summed E-state index contributed by atoms with van der Waals surface area (Å²) in [5, 5.41) is 11.5. The van der Waals surface area contributed by atoms with Gasteiger partial charge in [-0.15, -0.1) is 0 Å². The van der Waals surface area contributed by atoms with Crippen molar-refractivity contribution in [3.05, 3.63) is 0 Å². The highest BCUT2D eigenvalue weighted by Gasteiger charge is 2.44. The van der Waals surface area contributed by atoms with Gasteiger partial charge in [-0.3, -0.25) is 14.5 Å². The molecule has 0 saturated carbocycles. The molecule has 0 aromatic rings. The van der Waals surface area contributed by atoms with Crippen LogP contribution < -0.4 is 11.1 Å². The Bertz CT molecular complexity index is 436. The van der Waals surface area contributed by atoms with E-state index in [1.165, 1.54) is 11.8 Å². The molecule has 0 bridgehead atoms. The quantitative estimate of drug-likeness (QED) is 0.606. The number of carboxylic acid groups (broad SMARTS) is 1. The van der Waals surface area contributed by atoms with Crippen LogP contribution in [0.2, 0.25) is 0 Å². The number of nitrogens with one attached hydrogen (secondary N) is 1. The monoisotopic (exact) mass is 303 g/mol. The highest BCUT2D eigenvalue weighted by molar-refractivity contribution is 8.00. The molecule has 4 N–H and O–H groups in total. The number of hydrogen-bond donors (Lipinski definition) is 3. The maximum absolute atomic E-state index is 11.9. The normalized spacial score (nSPS) is 19.9. The summed E-state index contributed by atoms with van der Waals surface area (Å²) in [6, 6.07) is -1.42. The lowest BCUT2D eigenvalue weighted by Crippen LogP contribution is -2.47. The molecule has 1 aliphatic rings. The van der Waals surface area contributed by atoms with Crippen molar-refractivity contribution < 1.29 is 19.5 Å². The Hall–Kier alpha value is -1.28. The van der Waals surface area contributed by atoms with Crippen molar-refractivity contribution >= 4 is 29.7 Å². The number of hydrogen-bond acceptors (Lipinski definition) is 5. The Labute approximate surface area is 122 Å². The average Bonchev–Trinajstić information content (AvgIpc) is 2.49. The van der Waals surface area contributed by atoms with Crippen molar-refractivity contribution in [1.82, 2.24) is 10.2 Å². The van der Waals surface area contributed by atoms with Gasteiger partial charge in [0.1, 0.15) is 11.6 Å². The van der Waals surface area contributed by atoms with Crippen LogP contribution in [0.3, 0.4) is 0 Å². The Morgan fingerprint density at radius 3 is 2.45 bits per heavy atom. The summed E-state index contributed by atoms with van der Waals surface area (Å²) < 4.78 is -0.680. The van der Waals surface area contributed by atoms with E-state index >= 15 is 0 Å². The minimum absolute atomic E-state index is 0.231. The van der Waals surface area contributed by atoms with Crippen LogP contribution in [0.15, 0.2) is 0 Å². The molecular weight excluding hydrogens is 282 g/mol. The van der Waals surface area contributed by atoms with Crippen LogP contribution in [0.5, 0.6) is 0 Å². The fraction of sp³-hybridized carbons (Fsp3) is 0.750. The number of nitrogens with zero attached hydrogens (tertiary/aromatic N) is 1. The third-order valence-electron chi connectivity index (χ3n) is 3.25. The Balaban J connectivity index is 2.55. The van der Waals surface area contributed by atoms with Crippen molar-refractivity contribution in [2.75, 3.05) is 12.3 Å². The summed E-state index contributed by atoms with van der Waals surface area (Å²) in [6.45, 7) is 6.97. The second-order valence-corrected chi connectivity index (χ2v) is 7.53. The Morgan fingerprint density at radius 2 is 2.05 bits per heavy atom. The number of nitrogens with two attached hydrogens (primary N) is 1. The van der Waals surface area contributed by atoms with Crippen LogP contribution in [0, 0.1) is 0 Å². The molecule has 0 spiro atoms. The van der Waals surface area contributed by atoms with Crippen LogP contribution in [-0.2, 0) is 9.59 Å². The van der Waals surface area contributed by atoms with Gasteiger partial charge in [-0.2, -0.15) is 11.8 Å². The maximum atomic E-state index is 11.9. The lowest BCUT2D eigenvalue weighted by atomic mass is 10.1. The molecule has 0 aromatic carbocycles. The van der Waals surface area contributed by atoms with Gasteiger partial charge >= 0.3 is 12.0 Å². The number of carbonyl (C=O) groups is 3. The smallest absolute Gasteiger partial charge is 0.325 e. The van der Waals surface area contributed by atoms with Crippen LogP contribution in [-0.4, -0.2) is 56.5 Å². The van der Waals surface area contributed by atoms with Crippen molar-refractivity contribution in [1.29, 1.82) is 0 Å². The Kier molecular flexibility index (Phi) is 4.70. The molecule has 1 atom stereocenters. The maximum Gasteiger partial charge on any atom is 0.325 e. The number of amides is 3. The van der Waals surface area contributed by atoms with Gasteiger partial charge in [0.05, 0.1) is 0 Å². The predicted octanol–water partition coefficient (Wildman–Crippen LogP) is 0.241. The zero-order valence-corrected chi connectivity index (χ0v) is 12.9. The average molecular weight is 303 g/mol. The van der Waals surface area contributed by atoms with E-state index in [0.29, 0.717) is 5.75 Å². The molecule has 1 fully saturated rings. The van der Waals surface area contributed by atoms with E-state index in [1.54, 1.807) is 27.7 Å². The van der Waals surface area contributed by atoms with Crippen molar-refractivity contribution in [2.45, 2.75) is 44.0 Å². The van der Waals surface area contributed by atoms with Crippen molar-refractivity contribution in [3.8, 4) is 0 Å². The number of rotatable bonds is 6. The summed E-state index contributed by atoms with van der Waals surface area (Å²) >= 11 is 1.33. The molecular formula is C12H21N3O4S. The molecule has 0 aliphatic carbocycles. The van der Waals surface area contributed by atoms with Gasteiger partial charge < -0.3 is 16.2 Å². The van der Waals surface area contributed by atoms with Gasteiger partial charge in [0.2, 0.25) is 0 Å². The second kappa shape index (κ2) is 5.61. The first kappa shape index (κ1) is 16.8. The molecule has 0 unspecified atom stereocenters. The molecule has 1 aliphatic heterocycles. The lowest BCUT2D eigenvalue weighted by molar-refractivity contribution is -0.139. The van der Waals surface area contributed by atoms with Crippen LogP contribution in [0.1, 0.15) is 27.7 Å². The highest BCUT2D eigenvalue weighted by atomic mass is 32.2. The summed E-state index contributed by atoms with van der Waals surface area (Å²) in [7, 11) is 0. The van der Waals surface area contributed by atoms with Crippen molar-refractivity contribution in [3.63, 3.8) is 0 Å². The summed E-state index contributed by atoms with van der Waals surface area (Å²) in [6.07, 6.45) is 0. The summed E-state index contributed by atoms with van der Waals surface area (Å²) in [4.78, 5) is 35.6. The van der Waals surface area contributed by atoms with Gasteiger partial charge in [-0.05, 0) is 27.7 Å². The van der Waals surface area contributed by atoms with Crippen LogP contribution in [0.4, 0.5) is 4.79 Å². The largest absolute Gasteiger partial charge is 0.480 e. The predicted molar refractivity (Wildman–Crippen MR) is 76.5 cm³/mol. The number of imide groups is 1. The van der Waals surface area contributed by atoms with Gasteiger partial charge in [-0.1, -0.05) is 0 Å². The van der Waals surface area contributed by atoms with E-state index in [-0.39, 0.29) is 12.5 Å². The van der Waals surface area contributed by atoms with Crippen LogP contribution in [0.25, 0.3) is 0 Å². The number of urea groups is 1. The second-order valence-electron chi connectivity index (χ2n) is 5.78. The molecule has 0 aromatic heterocycles. The molecule has 20 heavy (non-hydrogen) atoms. The molecule has 0 radical (unpaired) electrons. The van der Waals surface area contributed by atoms with Gasteiger partial charge in [0, 0.05) is 17.0 Å². The fourth-order valence-corrected chi connectivity index (χ4v) is 2.89.